The molecule has 1 aromatic carbocycles. The first kappa shape index (κ1) is 10.2. The molecule has 0 N–H and O–H groups in total. The number of hydrogen-bond acceptors (Lipinski definition) is 0. The molecule has 15 heavy (non-hydrogen) atoms. The van der Waals surface area contributed by atoms with E-state index in [-0.39, 0.29) is 0 Å². The van der Waals surface area contributed by atoms with Crippen LogP contribution in [-0.2, 0) is 0 Å². The fourth-order valence-corrected chi connectivity index (χ4v) is 1.54. The van der Waals surface area contributed by atoms with Gasteiger partial charge in [0.1, 0.15) is 0 Å². The molecule has 0 unspecified atom stereocenters. The van der Waals surface area contributed by atoms with Crippen LogP contribution in [0.1, 0.15) is 5.56 Å². The lowest BCUT2D eigenvalue weighted by molar-refractivity contribution is 1.62. The normalized spacial score (nSPS) is 9.93. The lowest BCUT2D eigenvalue weighted by Crippen LogP contribution is -1.67. The predicted molar refractivity (Wildman–Crippen MR) is 69.7 cm³/mol. The highest BCUT2D eigenvalue weighted by molar-refractivity contribution is 9.10. The highest BCUT2D eigenvalue weighted by Crippen LogP contribution is 2.32. The molecule has 0 saturated heterocycles. The topological polar surface area (TPSA) is 0 Å². The van der Waals surface area contributed by atoms with Crippen LogP contribution in [0, 0.1) is 0 Å². The maximum absolute atomic E-state index is 3.65. The van der Waals surface area contributed by atoms with Crippen molar-refractivity contribution in [1.29, 1.82) is 0 Å². The first-order chi connectivity index (χ1) is 7.29. The van der Waals surface area contributed by atoms with Crippen LogP contribution >= 0.6 is 15.9 Å². The quantitative estimate of drug-likeness (QED) is 0.591. The van der Waals surface area contributed by atoms with E-state index in [0.717, 1.165) is 10.0 Å². The van der Waals surface area contributed by atoms with Crippen molar-refractivity contribution in [2.24, 2.45) is 0 Å². The standard InChI is InChI=1S/C8H7Br.C6H4/c1-2-7-3-5-8(9)6-4-7;1-2-5-4-6(5)3-1/h2-6H,1H2;1-4H. The summed E-state index contributed by atoms with van der Waals surface area (Å²) in [4.78, 5) is 0. The molecule has 0 bridgehead atoms. The molecule has 0 spiro atoms. The second-order valence-corrected chi connectivity index (χ2v) is 4.25. The van der Waals surface area contributed by atoms with Crippen molar-refractivity contribution in [3.05, 3.63) is 65.1 Å². The third kappa shape index (κ3) is 2.80. The summed E-state index contributed by atoms with van der Waals surface area (Å²) in [5.41, 5.74) is 4.00. The van der Waals surface area contributed by atoms with E-state index in [1.165, 1.54) is 11.1 Å². The van der Waals surface area contributed by atoms with Crippen LogP contribution < -0.4 is 0 Å². The van der Waals surface area contributed by atoms with E-state index >= 15 is 0 Å². The number of fused-ring (bicyclic) bond motifs is 1. The Morgan fingerprint density at radius 2 is 1.53 bits per heavy atom. The Balaban J connectivity index is 0.000000121. The van der Waals surface area contributed by atoms with E-state index in [1.807, 2.05) is 30.3 Å². The Hall–Kier alpha value is -1.34. The smallest absolute Gasteiger partial charge is 0.0175 e. The predicted octanol–water partition coefficient (Wildman–Crippen LogP) is 4.76. The highest BCUT2D eigenvalue weighted by Gasteiger charge is 2.06. The van der Waals surface area contributed by atoms with Crippen molar-refractivity contribution in [1.82, 2.24) is 0 Å². The monoisotopic (exact) mass is 258 g/mol. The zero-order valence-corrected chi connectivity index (χ0v) is 9.87. The van der Waals surface area contributed by atoms with Gasteiger partial charge in [0.25, 0.3) is 0 Å². The lowest BCUT2D eigenvalue weighted by Gasteiger charge is -1.90. The molecule has 0 aromatic heterocycles. The molecule has 0 radical (unpaired) electrons. The van der Waals surface area contributed by atoms with Gasteiger partial charge < -0.3 is 0 Å². The molecule has 0 fully saturated rings. The van der Waals surface area contributed by atoms with Gasteiger partial charge in [0.2, 0.25) is 0 Å². The van der Waals surface area contributed by atoms with Gasteiger partial charge in [-0.1, -0.05) is 58.9 Å². The molecule has 2 aliphatic carbocycles. The Kier molecular flexibility index (Phi) is 3.02. The molecule has 0 atom stereocenters. The lowest BCUT2D eigenvalue weighted by atomic mass is 10.2. The summed E-state index contributed by atoms with van der Waals surface area (Å²) in [6.45, 7) is 3.65. The first-order valence-electron chi connectivity index (χ1n) is 4.78. The summed E-state index contributed by atoms with van der Waals surface area (Å²) in [5.74, 6) is 0. The van der Waals surface area contributed by atoms with Gasteiger partial charge in [-0.25, -0.2) is 0 Å². The second-order valence-electron chi connectivity index (χ2n) is 3.34. The molecule has 0 saturated carbocycles. The summed E-state index contributed by atoms with van der Waals surface area (Å²) in [5, 5.41) is 0. The van der Waals surface area contributed by atoms with Gasteiger partial charge in [-0.2, -0.15) is 0 Å². The molecule has 0 amide bonds. The third-order valence-corrected chi connectivity index (χ3v) is 2.75. The van der Waals surface area contributed by atoms with Gasteiger partial charge >= 0.3 is 0 Å². The molecule has 3 rings (SSSR count). The van der Waals surface area contributed by atoms with E-state index in [9.17, 15) is 0 Å². The van der Waals surface area contributed by atoms with Crippen molar-refractivity contribution in [3.8, 4) is 11.1 Å². The van der Waals surface area contributed by atoms with Crippen LogP contribution in [0.4, 0.5) is 0 Å². The Morgan fingerprint density at radius 1 is 0.933 bits per heavy atom. The Labute approximate surface area is 98.4 Å². The summed E-state index contributed by atoms with van der Waals surface area (Å²) < 4.78 is 1.10. The van der Waals surface area contributed by atoms with Gasteiger partial charge in [0, 0.05) is 4.47 Å². The maximum Gasteiger partial charge on any atom is 0.0175 e. The summed E-state index contributed by atoms with van der Waals surface area (Å²) in [7, 11) is 0. The molecule has 1 aromatic rings. The molecular weight excluding hydrogens is 248 g/mol. The van der Waals surface area contributed by atoms with Gasteiger partial charge in [-0.15, -0.1) is 0 Å². The minimum atomic E-state index is 1.10. The maximum atomic E-state index is 3.65. The van der Waals surface area contributed by atoms with Gasteiger partial charge in [0.05, 0.1) is 0 Å². The van der Waals surface area contributed by atoms with Crippen molar-refractivity contribution < 1.29 is 0 Å². The van der Waals surface area contributed by atoms with Gasteiger partial charge in [-0.3, -0.25) is 0 Å². The van der Waals surface area contributed by atoms with E-state index in [2.05, 4.69) is 46.8 Å². The fraction of sp³-hybridized carbons (Fsp3) is 0. The number of benzene rings is 2. The number of halogens is 1. The van der Waals surface area contributed by atoms with Crippen molar-refractivity contribution in [2.75, 3.05) is 0 Å². The zero-order valence-electron chi connectivity index (χ0n) is 8.28. The molecule has 0 heterocycles. The summed E-state index contributed by atoms with van der Waals surface area (Å²) in [6, 6.07) is 16.5. The second kappa shape index (κ2) is 4.45. The molecule has 1 heteroatoms. The fourth-order valence-electron chi connectivity index (χ4n) is 1.27. The molecule has 2 aliphatic rings. The van der Waals surface area contributed by atoms with Crippen LogP contribution in [-0.4, -0.2) is 0 Å². The van der Waals surface area contributed by atoms with E-state index in [1.54, 1.807) is 0 Å². The summed E-state index contributed by atoms with van der Waals surface area (Å²) >= 11 is 3.34. The first-order valence-corrected chi connectivity index (χ1v) is 5.57. The Morgan fingerprint density at radius 3 is 1.87 bits per heavy atom. The minimum Gasteiger partial charge on any atom is -0.0985 e. The Bertz CT molecular complexity index is 452. The SMILES string of the molecule is C=Cc1ccc(Br)cc1.c1cc2cc-2c1. The largest absolute Gasteiger partial charge is 0.0985 e. The van der Waals surface area contributed by atoms with Gasteiger partial charge in [0.15, 0.2) is 0 Å². The highest BCUT2D eigenvalue weighted by atomic mass is 79.9. The van der Waals surface area contributed by atoms with Crippen LogP contribution in [0.25, 0.3) is 17.2 Å². The zero-order chi connectivity index (χ0) is 10.7. The molecule has 0 aliphatic heterocycles. The van der Waals surface area contributed by atoms with E-state index in [4.69, 9.17) is 0 Å². The van der Waals surface area contributed by atoms with Crippen LogP contribution in [0.5, 0.6) is 0 Å². The van der Waals surface area contributed by atoms with Crippen molar-refractivity contribution >= 4 is 22.0 Å². The van der Waals surface area contributed by atoms with Crippen LogP contribution in [0.2, 0.25) is 0 Å². The number of hydrogen-bond donors (Lipinski definition) is 0. The van der Waals surface area contributed by atoms with E-state index in [0.29, 0.717) is 0 Å². The average Bonchev–Trinajstić information content (AvgIpc) is 2.88. The third-order valence-electron chi connectivity index (χ3n) is 2.22. The minimum absolute atomic E-state index is 1.10. The molecular formula is C14H11Br. The van der Waals surface area contributed by atoms with Gasteiger partial charge in [-0.05, 0) is 34.9 Å². The molecule has 0 nitrogen and oxygen atoms in total. The van der Waals surface area contributed by atoms with Crippen LogP contribution in [0.3, 0.4) is 0 Å². The van der Waals surface area contributed by atoms with E-state index < -0.39 is 0 Å². The number of rotatable bonds is 1. The molecule has 74 valence electrons. The van der Waals surface area contributed by atoms with Crippen molar-refractivity contribution in [2.45, 2.75) is 0 Å². The van der Waals surface area contributed by atoms with Crippen LogP contribution in [0.15, 0.2) is 59.6 Å². The van der Waals surface area contributed by atoms with Crippen molar-refractivity contribution in [3.63, 3.8) is 0 Å². The summed E-state index contributed by atoms with van der Waals surface area (Å²) in [6.07, 6.45) is 1.83. The average molecular weight is 259 g/mol.